The van der Waals surface area contributed by atoms with Gasteiger partial charge in [-0.3, -0.25) is 4.98 Å². The molecule has 0 spiro atoms. The van der Waals surface area contributed by atoms with Crippen molar-refractivity contribution in [2.75, 3.05) is 0 Å². The lowest BCUT2D eigenvalue weighted by atomic mass is 9.83. The fourth-order valence-corrected chi connectivity index (χ4v) is 2.67. The van der Waals surface area contributed by atoms with Gasteiger partial charge in [-0.2, -0.15) is 5.26 Å². The Kier molecular flexibility index (Phi) is 6.13. The van der Waals surface area contributed by atoms with E-state index in [-0.39, 0.29) is 11.3 Å². The first-order valence-corrected chi connectivity index (χ1v) is 8.22. The van der Waals surface area contributed by atoms with Crippen molar-refractivity contribution in [3.8, 4) is 23.1 Å². The zero-order valence-corrected chi connectivity index (χ0v) is 15.4. The summed E-state index contributed by atoms with van der Waals surface area (Å²) in [5.41, 5.74) is 0.148. The Bertz CT molecular complexity index is 892. The fourth-order valence-electron chi connectivity index (χ4n) is 2.67. The third-order valence-electron chi connectivity index (χ3n) is 4.28. The molecule has 2 aromatic rings. The van der Waals surface area contributed by atoms with Crippen molar-refractivity contribution in [1.29, 1.82) is 5.26 Å². The molecular formula is C19H18F3N3O3. The normalized spacial score (nSPS) is 12.6. The predicted molar refractivity (Wildman–Crippen MR) is 94.1 cm³/mol. The van der Waals surface area contributed by atoms with Crippen LogP contribution in [0.2, 0.25) is 0 Å². The summed E-state index contributed by atoms with van der Waals surface area (Å²) in [6, 6.07) is 7.32. The summed E-state index contributed by atoms with van der Waals surface area (Å²) in [5.74, 6) is -0.824. The van der Waals surface area contributed by atoms with Gasteiger partial charge in [0, 0.05) is 23.9 Å². The maximum absolute atomic E-state index is 12.8. The van der Waals surface area contributed by atoms with Crippen LogP contribution >= 0.6 is 0 Å². The van der Waals surface area contributed by atoms with E-state index in [2.05, 4.69) is 9.72 Å². The van der Waals surface area contributed by atoms with Crippen LogP contribution < -0.4 is 10.1 Å². The van der Waals surface area contributed by atoms with E-state index in [1.165, 1.54) is 36.8 Å². The van der Waals surface area contributed by atoms with Crippen LogP contribution in [0, 0.1) is 11.5 Å². The van der Waals surface area contributed by atoms with Crippen LogP contribution in [0.25, 0.3) is 11.1 Å². The number of nitrogens with one attached hydrogen (secondary N) is 1. The summed E-state index contributed by atoms with van der Waals surface area (Å²) in [6.45, 7) is 5.00. The highest BCUT2D eigenvalue weighted by Gasteiger charge is 2.35. The molecule has 1 atom stereocenters. The molecule has 0 aliphatic carbocycles. The average molecular weight is 393 g/mol. The Morgan fingerprint density at radius 3 is 2.54 bits per heavy atom. The van der Waals surface area contributed by atoms with Crippen LogP contribution in [0.3, 0.4) is 0 Å². The molecule has 6 nitrogen and oxygen atoms in total. The topological polar surface area (TPSA) is 84.2 Å². The van der Waals surface area contributed by atoms with Gasteiger partial charge in [-0.1, -0.05) is 25.1 Å². The van der Waals surface area contributed by atoms with E-state index in [0.717, 1.165) is 0 Å². The number of pyridine rings is 1. The Morgan fingerprint density at radius 2 is 1.89 bits per heavy atom. The van der Waals surface area contributed by atoms with Gasteiger partial charge in [-0.15, -0.1) is 13.2 Å². The molecule has 2 rings (SSSR count). The quantitative estimate of drug-likeness (QED) is 0.586. The largest absolute Gasteiger partial charge is 0.573 e. The van der Waals surface area contributed by atoms with E-state index in [1.807, 2.05) is 5.32 Å². The first-order valence-electron chi connectivity index (χ1n) is 8.22. The van der Waals surface area contributed by atoms with E-state index in [4.69, 9.17) is 10.00 Å². The zero-order valence-electron chi connectivity index (χ0n) is 15.4. The van der Waals surface area contributed by atoms with Crippen molar-refractivity contribution >= 4 is 6.09 Å². The molecule has 1 N–H and O–H groups in total. The van der Waals surface area contributed by atoms with Gasteiger partial charge >= 0.3 is 12.5 Å². The summed E-state index contributed by atoms with van der Waals surface area (Å²) in [5, 5.41) is 10.4. The van der Waals surface area contributed by atoms with Crippen LogP contribution in [-0.4, -0.2) is 23.0 Å². The number of nitriles is 1. The average Bonchev–Trinajstić information content (AvgIpc) is 2.60. The van der Waals surface area contributed by atoms with Gasteiger partial charge in [0.1, 0.15) is 11.4 Å². The summed E-state index contributed by atoms with van der Waals surface area (Å²) < 4.78 is 47.8. The van der Waals surface area contributed by atoms with E-state index >= 15 is 0 Å². The number of hydrogen-bond donors (Lipinski definition) is 1. The van der Waals surface area contributed by atoms with Gasteiger partial charge in [0.2, 0.25) is 0 Å². The summed E-state index contributed by atoms with van der Waals surface area (Å²) in [4.78, 5) is 15.7. The highest BCUT2D eigenvalue weighted by molar-refractivity contribution is 5.74. The summed E-state index contributed by atoms with van der Waals surface area (Å²) >= 11 is 0. The Balaban J connectivity index is 2.47. The van der Waals surface area contributed by atoms with Gasteiger partial charge in [0.25, 0.3) is 0 Å². The number of aromatic nitrogens is 1. The predicted octanol–water partition coefficient (Wildman–Crippen LogP) is 4.74. The molecule has 0 radical (unpaired) electrons. The molecule has 1 heterocycles. The fraction of sp³-hybridized carbons (Fsp3) is 0.316. The lowest BCUT2D eigenvalue weighted by Crippen LogP contribution is -2.37. The number of benzene rings is 1. The highest BCUT2D eigenvalue weighted by Crippen LogP contribution is 2.40. The molecule has 0 aliphatic heterocycles. The Morgan fingerprint density at radius 1 is 1.21 bits per heavy atom. The van der Waals surface area contributed by atoms with Crippen molar-refractivity contribution in [1.82, 2.24) is 10.3 Å². The number of alkyl halides is 3. The number of halogens is 3. The minimum atomic E-state index is -4.84. The third-order valence-corrected chi connectivity index (χ3v) is 4.28. The van der Waals surface area contributed by atoms with Crippen molar-refractivity contribution in [2.45, 2.75) is 38.7 Å². The minimum Gasteiger partial charge on any atom is -0.442 e. The molecule has 0 fully saturated rings. The van der Waals surface area contributed by atoms with Gasteiger partial charge in [0.05, 0.1) is 0 Å². The van der Waals surface area contributed by atoms with Crippen LogP contribution in [-0.2, 0) is 4.74 Å². The summed E-state index contributed by atoms with van der Waals surface area (Å²) in [6.07, 6.45) is -1.34. The number of carbonyl (C=O) groups is 1. The van der Waals surface area contributed by atoms with Gasteiger partial charge in [-0.25, -0.2) is 10.1 Å². The lowest BCUT2D eigenvalue weighted by molar-refractivity contribution is -0.274. The molecule has 0 bridgehead atoms. The molecule has 148 valence electrons. The SMILES string of the molecule is CC(c1cnccc1-c1ccccc1OC(F)(F)F)C(C)(C)OC(=O)NC#N. The highest BCUT2D eigenvalue weighted by atomic mass is 19.4. The zero-order chi connectivity index (χ0) is 20.9. The maximum Gasteiger partial charge on any atom is 0.573 e. The van der Waals surface area contributed by atoms with E-state index in [0.29, 0.717) is 11.1 Å². The third kappa shape index (κ3) is 5.13. The van der Waals surface area contributed by atoms with Crippen LogP contribution in [0.15, 0.2) is 42.7 Å². The monoisotopic (exact) mass is 393 g/mol. The van der Waals surface area contributed by atoms with Crippen LogP contribution in [0.4, 0.5) is 18.0 Å². The second kappa shape index (κ2) is 8.17. The van der Waals surface area contributed by atoms with E-state index in [1.54, 1.807) is 32.9 Å². The number of para-hydroxylation sites is 1. The van der Waals surface area contributed by atoms with Crippen LogP contribution in [0.1, 0.15) is 32.3 Å². The number of rotatable bonds is 5. The van der Waals surface area contributed by atoms with Gasteiger partial charge in [0.15, 0.2) is 6.19 Å². The number of amides is 1. The number of nitrogens with zero attached hydrogens (tertiary/aromatic N) is 2. The molecule has 1 aromatic heterocycles. The van der Waals surface area contributed by atoms with E-state index in [9.17, 15) is 18.0 Å². The first kappa shape index (κ1) is 21.0. The smallest absolute Gasteiger partial charge is 0.442 e. The van der Waals surface area contributed by atoms with Crippen molar-refractivity contribution in [3.63, 3.8) is 0 Å². The second-order valence-electron chi connectivity index (χ2n) is 6.46. The number of alkyl carbamates (subject to hydrolysis) is 1. The number of ether oxygens (including phenoxy) is 2. The Hall–Kier alpha value is -3.28. The molecule has 1 unspecified atom stereocenters. The number of hydrogen-bond acceptors (Lipinski definition) is 5. The van der Waals surface area contributed by atoms with Crippen LogP contribution in [0.5, 0.6) is 5.75 Å². The molecule has 1 amide bonds. The number of carbonyl (C=O) groups excluding carboxylic acids is 1. The minimum absolute atomic E-state index is 0.223. The standard InChI is InChI=1S/C19H18F3N3O3/c1-12(18(2,3)28-17(26)25-11-23)15-10-24-9-8-13(15)14-6-4-5-7-16(14)27-19(20,21)22/h4-10,12H,1-3H3,(H,25,26). The first-order chi connectivity index (χ1) is 13.0. The Labute approximate surface area is 159 Å². The van der Waals surface area contributed by atoms with Gasteiger partial charge < -0.3 is 9.47 Å². The van der Waals surface area contributed by atoms with Crippen molar-refractivity contribution < 1.29 is 27.4 Å². The van der Waals surface area contributed by atoms with Crippen molar-refractivity contribution in [3.05, 3.63) is 48.3 Å². The molecule has 9 heteroatoms. The molecule has 0 saturated heterocycles. The molecule has 28 heavy (non-hydrogen) atoms. The maximum atomic E-state index is 12.8. The lowest BCUT2D eigenvalue weighted by Gasteiger charge is -2.32. The molecule has 0 aliphatic rings. The van der Waals surface area contributed by atoms with Crippen molar-refractivity contribution in [2.24, 2.45) is 0 Å². The van der Waals surface area contributed by atoms with Gasteiger partial charge in [-0.05, 0) is 37.1 Å². The summed E-state index contributed by atoms with van der Waals surface area (Å²) in [7, 11) is 0. The second-order valence-corrected chi connectivity index (χ2v) is 6.46. The van der Waals surface area contributed by atoms with E-state index < -0.39 is 24.0 Å². The molecular weight excluding hydrogens is 375 g/mol. The molecule has 1 aromatic carbocycles. The molecule has 0 saturated carbocycles.